The van der Waals surface area contributed by atoms with Crippen LogP contribution in [0.15, 0.2) is 0 Å². The second kappa shape index (κ2) is 5.78. The number of carboxylic acids is 1. The minimum absolute atomic E-state index is 0.283. The molecule has 2 N–H and O–H groups in total. The Labute approximate surface area is 122 Å². The lowest BCUT2D eigenvalue weighted by molar-refractivity contribution is -0.147. The maximum atomic E-state index is 11.8. The lowest BCUT2D eigenvalue weighted by Crippen LogP contribution is -2.63. The van der Waals surface area contributed by atoms with E-state index in [0.29, 0.717) is 0 Å². The van der Waals surface area contributed by atoms with Gasteiger partial charge in [0.25, 0.3) is 10.1 Å². The summed E-state index contributed by atoms with van der Waals surface area (Å²) >= 11 is 0. The number of alkyl carbamates (subject to hydrolysis) is 1. The fourth-order valence-electron chi connectivity index (χ4n) is 1.74. The van der Waals surface area contributed by atoms with E-state index < -0.39 is 46.0 Å². The van der Waals surface area contributed by atoms with Crippen molar-refractivity contribution < 1.29 is 36.8 Å². The predicted octanol–water partition coefficient (Wildman–Crippen LogP) is -0.290. The maximum Gasteiger partial charge on any atom is 0.408 e. The Morgan fingerprint density at radius 3 is 2.38 bits per heavy atom. The first kappa shape index (κ1) is 17.7. The smallest absolute Gasteiger partial charge is 0.408 e. The van der Waals surface area contributed by atoms with Crippen molar-refractivity contribution in [3.05, 3.63) is 0 Å². The van der Waals surface area contributed by atoms with Crippen molar-refractivity contribution in [2.24, 2.45) is 0 Å². The van der Waals surface area contributed by atoms with Crippen molar-refractivity contribution in [2.75, 3.05) is 19.5 Å². The first-order valence-corrected chi connectivity index (χ1v) is 7.88. The highest BCUT2D eigenvalue weighted by Crippen LogP contribution is 2.25. The van der Waals surface area contributed by atoms with Crippen molar-refractivity contribution in [1.82, 2.24) is 5.32 Å². The van der Waals surface area contributed by atoms with Gasteiger partial charge in [-0.3, -0.25) is 4.18 Å². The number of hydrogen-bond acceptors (Lipinski definition) is 7. The summed E-state index contributed by atoms with van der Waals surface area (Å²) in [5.74, 6) is -1.47. The Morgan fingerprint density at radius 2 is 1.95 bits per heavy atom. The average molecular weight is 325 g/mol. The molecule has 0 aromatic carbocycles. The van der Waals surface area contributed by atoms with Gasteiger partial charge in [0.1, 0.15) is 11.7 Å². The third-order valence-corrected chi connectivity index (χ3v) is 3.13. The molecule has 21 heavy (non-hydrogen) atoms. The summed E-state index contributed by atoms with van der Waals surface area (Å²) in [5, 5.41) is 11.5. The molecule has 0 spiro atoms. The SMILES string of the molecule is CC(C)(C)OC(=O)NC1(C(=O)O)COCC1OS(C)(=O)=O. The summed E-state index contributed by atoms with van der Waals surface area (Å²) in [6, 6.07) is 0. The Balaban J connectivity index is 2.97. The van der Waals surface area contributed by atoms with Gasteiger partial charge in [-0.1, -0.05) is 0 Å². The van der Waals surface area contributed by atoms with Crippen molar-refractivity contribution >= 4 is 22.2 Å². The average Bonchev–Trinajstić information content (AvgIpc) is 2.56. The molecule has 0 aliphatic carbocycles. The number of carboxylic acid groups (broad SMARTS) is 1. The number of hydrogen-bond donors (Lipinski definition) is 2. The molecule has 1 saturated heterocycles. The van der Waals surface area contributed by atoms with Crippen LogP contribution in [0.1, 0.15) is 20.8 Å². The van der Waals surface area contributed by atoms with Crippen LogP contribution in [0.3, 0.4) is 0 Å². The van der Waals surface area contributed by atoms with Gasteiger partial charge in [-0.05, 0) is 20.8 Å². The molecule has 2 atom stereocenters. The third-order valence-electron chi connectivity index (χ3n) is 2.55. The van der Waals surface area contributed by atoms with Crippen LogP contribution < -0.4 is 5.32 Å². The number of amides is 1. The van der Waals surface area contributed by atoms with Gasteiger partial charge in [-0.15, -0.1) is 0 Å². The van der Waals surface area contributed by atoms with E-state index in [1.54, 1.807) is 20.8 Å². The van der Waals surface area contributed by atoms with E-state index in [0.717, 1.165) is 6.26 Å². The van der Waals surface area contributed by atoms with E-state index in [1.165, 1.54) is 0 Å². The number of carbonyl (C=O) groups is 2. The number of ether oxygens (including phenoxy) is 2. The van der Waals surface area contributed by atoms with Crippen LogP contribution >= 0.6 is 0 Å². The maximum absolute atomic E-state index is 11.8. The fourth-order valence-corrected chi connectivity index (χ4v) is 2.38. The number of aliphatic carboxylic acids is 1. The van der Waals surface area contributed by atoms with Crippen molar-refractivity contribution in [2.45, 2.75) is 38.0 Å². The molecule has 1 rings (SSSR count). The van der Waals surface area contributed by atoms with Crippen LogP contribution in [0.25, 0.3) is 0 Å². The molecule has 9 nitrogen and oxygen atoms in total. The molecule has 1 fully saturated rings. The molecule has 0 bridgehead atoms. The molecule has 0 aromatic heterocycles. The van der Waals surface area contributed by atoms with Gasteiger partial charge in [-0.25, -0.2) is 9.59 Å². The summed E-state index contributed by atoms with van der Waals surface area (Å²) < 4.78 is 37.0. The largest absolute Gasteiger partial charge is 0.479 e. The lowest BCUT2D eigenvalue weighted by atomic mass is 9.96. The number of rotatable bonds is 4. The topological polar surface area (TPSA) is 128 Å². The van der Waals surface area contributed by atoms with Gasteiger partial charge in [-0.2, -0.15) is 8.42 Å². The van der Waals surface area contributed by atoms with Gasteiger partial charge >= 0.3 is 12.1 Å². The molecule has 0 radical (unpaired) electrons. The third kappa shape index (κ3) is 4.83. The number of nitrogens with one attached hydrogen (secondary N) is 1. The van der Waals surface area contributed by atoms with Crippen molar-refractivity contribution in [3.8, 4) is 0 Å². The van der Waals surface area contributed by atoms with Gasteiger partial charge in [0.15, 0.2) is 5.54 Å². The molecule has 0 saturated carbocycles. The highest BCUT2D eigenvalue weighted by molar-refractivity contribution is 7.86. The van der Waals surface area contributed by atoms with E-state index >= 15 is 0 Å². The van der Waals surface area contributed by atoms with Crippen LogP contribution in [0.2, 0.25) is 0 Å². The molecule has 1 amide bonds. The van der Waals surface area contributed by atoms with Crippen LogP contribution in [0.5, 0.6) is 0 Å². The molecule has 122 valence electrons. The lowest BCUT2D eigenvalue weighted by Gasteiger charge is -2.30. The molecule has 1 aliphatic heterocycles. The fraction of sp³-hybridized carbons (Fsp3) is 0.818. The van der Waals surface area contributed by atoms with Gasteiger partial charge in [0.05, 0.1) is 19.5 Å². The monoisotopic (exact) mass is 325 g/mol. The molecule has 0 aromatic rings. The van der Waals surface area contributed by atoms with Gasteiger partial charge in [0, 0.05) is 0 Å². The van der Waals surface area contributed by atoms with Crippen LogP contribution in [0.4, 0.5) is 4.79 Å². The Kier molecular flexibility index (Phi) is 4.86. The van der Waals surface area contributed by atoms with Crippen molar-refractivity contribution in [1.29, 1.82) is 0 Å². The van der Waals surface area contributed by atoms with E-state index in [4.69, 9.17) is 13.7 Å². The standard InChI is InChI=1S/C11H19NO8S/c1-10(2,3)19-9(15)12-11(8(13)14)6-18-5-7(11)20-21(4,16)17/h7H,5-6H2,1-4H3,(H,12,15)(H,13,14). The zero-order valence-corrected chi connectivity index (χ0v) is 13.0. The van der Waals surface area contributed by atoms with E-state index in [1.807, 2.05) is 0 Å². The number of carbonyl (C=O) groups excluding carboxylic acids is 1. The summed E-state index contributed by atoms with van der Waals surface area (Å²) in [7, 11) is -3.92. The highest BCUT2D eigenvalue weighted by atomic mass is 32.2. The molecular formula is C11H19NO8S. The minimum atomic E-state index is -3.92. The molecule has 10 heteroatoms. The zero-order chi connectivity index (χ0) is 16.5. The van der Waals surface area contributed by atoms with Crippen molar-refractivity contribution in [3.63, 3.8) is 0 Å². The summed E-state index contributed by atoms with van der Waals surface area (Å²) in [4.78, 5) is 23.3. The van der Waals surface area contributed by atoms with E-state index in [-0.39, 0.29) is 6.61 Å². The minimum Gasteiger partial charge on any atom is -0.479 e. The summed E-state index contributed by atoms with van der Waals surface area (Å²) in [5.41, 5.74) is -2.86. The van der Waals surface area contributed by atoms with Gasteiger partial charge < -0.3 is 19.9 Å². The normalized spacial score (nSPS) is 26.4. The first-order chi connectivity index (χ1) is 9.36. The summed E-state index contributed by atoms with van der Waals surface area (Å²) in [6.07, 6.45) is -1.60. The molecular weight excluding hydrogens is 306 g/mol. The van der Waals surface area contributed by atoms with E-state index in [9.17, 15) is 23.1 Å². The quantitative estimate of drug-likeness (QED) is 0.675. The molecule has 1 heterocycles. The molecule has 1 aliphatic rings. The van der Waals surface area contributed by atoms with Gasteiger partial charge in [0.2, 0.25) is 0 Å². The Bertz CT molecular complexity index is 523. The predicted molar refractivity (Wildman–Crippen MR) is 70.3 cm³/mol. The zero-order valence-electron chi connectivity index (χ0n) is 12.2. The summed E-state index contributed by atoms with van der Waals surface area (Å²) in [6.45, 7) is 4.11. The second-order valence-electron chi connectivity index (χ2n) is 5.71. The Morgan fingerprint density at radius 1 is 1.38 bits per heavy atom. The highest BCUT2D eigenvalue weighted by Gasteiger charge is 2.55. The second-order valence-corrected chi connectivity index (χ2v) is 7.31. The first-order valence-electron chi connectivity index (χ1n) is 6.06. The Hall–Kier alpha value is -1.39. The molecule has 2 unspecified atom stereocenters. The van der Waals surface area contributed by atoms with Crippen LogP contribution in [-0.2, 0) is 28.6 Å². The van der Waals surface area contributed by atoms with E-state index in [2.05, 4.69) is 5.32 Å². The van der Waals surface area contributed by atoms with Crippen LogP contribution in [0, 0.1) is 0 Å². The van der Waals surface area contributed by atoms with Crippen LogP contribution in [-0.4, -0.2) is 62.3 Å².